The summed E-state index contributed by atoms with van der Waals surface area (Å²) in [4.78, 5) is 10.6. The molecule has 0 bridgehead atoms. The highest BCUT2D eigenvalue weighted by atomic mass is 79.9. The quantitative estimate of drug-likeness (QED) is 0.617. The summed E-state index contributed by atoms with van der Waals surface area (Å²) in [5.74, 6) is 0.837. The number of hydrogen-bond acceptors (Lipinski definition) is 3. The van der Waals surface area contributed by atoms with E-state index in [0.29, 0.717) is 16.1 Å². The molecule has 0 spiro atoms. The van der Waals surface area contributed by atoms with E-state index < -0.39 is 4.92 Å². The van der Waals surface area contributed by atoms with Gasteiger partial charge >= 0.3 is 5.69 Å². The van der Waals surface area contributed by atoms with Gasteiger partial charge < -0.3 is 4.74 Å². The maximum atomic E-state index is 11.0. The normalized spacial score (nSPS) is 23.7. The van der Waals surface area contributed by atoms with E-state index in [4.69, 9.17) is 4.74 Å². The number of rotatable bonds is 3. The van der Waals surface area contributed by atoms with E-state index in [-0.39, 0.29) is 11.8 Å². The molecule has 0 amide bonds. The summed E-state index contributed by atoms with van der Waals surface area (Å²) in [5, 5.41) is 11.0. The van der Waals surface area contributed by atoms with Gasteiger partial charge in [0.15, 0.2) is 5.75 Å². The van der Waals surface area contributed by atoms with Crippen LogP contribution >= 0.6 is 15.9 Å². The molecular weight excluding hydrogens is 298 g/mol. The maximum Gasteiger partial charge on any atom is 0.312 e. The Bertz CT molecular complexity index is 450. The highest BCUT2D eigenvalue weighted by Gasteiger charge is 2.26. The fourth-order valence-corrected chi connectivity index (χ4v) is 2.70. The summed E-state index contributed by atoms with van der Waals surface area (Å²) in [6.07, 6.45) is 4.57. The lowest BCUT2D eigenvalue weighted by Crippen LogP contribution is -2.28. The van der Waals surface area contributed by atoms with Crippen LogP contribution in [0.1, 0.15) is 32.6 Å². The molecule has 0 saturated heterocycles. The van der Waals surface area contributed by atoms with E-state index in [1.54, 1.807) is 12.1 Å². The monoisotopic (exact) mass is 313 g/mol. The van der Waals surface area contributed by atoms with Crippen LogP contribution in [0.15, 0.2) is 22.7 Å². The van der Waals surface area contributed by atoms with Crippen molar-refractivity contribution in [3.63, 3.8) is 0 Å². The van der Waals surface area contributed by atoms with Gasteiger partial charge in [0.05, 0.1) is 4.92 Å². The Balaban J connectivity index is 2.20. The van der Waals surface area contributed by atoms with Crippen LogP contribution in [0.5, 0.6) is 5.75 Å². The van der Waals surface area contributed by atoms with E-state index in [1.807, 2.05) is 0 Å². The lowest BCUT2D eigenvalue weighted by molar-refractivity contribution is -0.386. The largest absolute Gasteiger partial charge is 0.483 e. The van der Waals surface area contributed by atoms with E-state index in [9.17, 15) is 10.1 Å². The molecule has 0 aliphatic heterocycles. The third kappa shape index (κ3) is 3.02. The van der Waals surface area contributed by atoms with Crippen molar-refractivity contribution < 1.29 is 9.66 Å². The molecular formula is C13H16BrNO3. The molecule has 1 aromatic carbocycles. The first-order valence-electron chi connectivity index (χ1n) is 6.18. The third-order valence-electron chi connectivity index (χ3n) is 3.43. The van der Waals surface area contributed by atoms with Crippen molar-refractivity contribution in [3.8, 4) is 5.75 Å². The fraction of sp³-hybridized carbons (Fsp3) is 0.538. The second-order valence-electron chi connectivity index (χ2n) is 4.79. The summed E-state index contributed by atoms with van der Waals surface area (Å²) in [6.45, 7) is 2.15. The van der Waals surface area contributed by atoms with Gasteiger partial charge in [0, 0.05) is 10.5 Å². The number of halogens is 1. The van der Waals surface area contributed by atoms with Crippen molar-refractivity contribution in [2.24, 2.45) is 5.92 Å². The summed E-state index contributed by atoms with van der Waals surface area (Å²) >= 11 is 3.24. The molecule has 1 aromatic rings. The van der Waals surface area contributed by atoms with Crippen LogP contribution in [0, 0.1) is 16.0 Å². The van der Waals surface area contributed by atoms with Crippen LogP contribution in [0.2, 0.25) is 0 Å². The zero-order valence-electron chi connectivity index (χ0n) is 10.3. The minimum atomic E-state index is -0.395. The van der Waals surface area contributed by atoms with Gasteiger partial charge in [-0.05, 0) is 37.3 Å². The number of nitrogens with zero attached hydrogens (tertiary/aromatic N) is 1. The zero-order chi connectivity index (χ0) is 13.1. The van der Waals surface area contributed by atoms with Crippen LogP contribution in [0.4, 0.5) is 5.69 Å². The molecule has 0 N–H and O–H groups in total. The molecule has 1 saturated carbocycles. The highest BCUT2D eigenvalue weighted by molar-refractivity contribution is 9.10. The summed E-state index contributed by atoms with van der Waals surface area (Å²) in [6, 6.07) is 4.93. The molecule has 4 nitrogen and oxygen atoms in total. The number of hydrogen-bond donors (Lipinski definition) is 0. The molecule has 1 fully saturated rings. The van der Waals surface area contributed by atoms with Crippen molar-refractivity contribution >= 4 is 21.6 Å². The first kappa shape index (κ1) is 13.3. The molecule has 0 aromatic heterocycles. The van der Waals surface area contributed by atoms with E-state index in [2.05, 4.69) is 22.9 Å². The predicted octanol–water partition coefficient (Wildman–Crippen LogP) is 4.31. The fourth-order valence-electron chi connectivity index (χ4n) is 2.35. The van der Waals surface area contributed by atoms with E-state index >= 15 is 0 Å². The standard InChI is InChI=1S/C13H16BrNO3/c1-9-4-2-3-5-12(9)18-13-7-6-10(14)8-11(13)15(16)17/h6-9,12H,2-5H2,1H3. The second-order valence-corrected chi connectivity index (χ2v) is 5.70. The summed E-state index contributed by atoms with van der Waals surface area (Å²) in [5.41, 5.74) is 0.0298. The number of nitro groups is 1. The number of benzene rings is 1. The minimum Gasteiger partial charge on any atom is -0.483 e. The Morgan fingerprint density at radius 3 is 2.78 bits per heavy atom. The predicted molar refractivity (Wildman–Crippen MR) is 72.8 cm³/mol. The molecule has 1 aliphatic rings. The molecule has 2 atom stereocenters. The smallest absolute Gasteiger partial charge is 0.312 e. The topological polar surface area (TPSA) is 52.4 Å². The number of ether oxygens (including phenoxy) is 1. The van der Waals surface area contributed by atoms with Crippen LogP contribution in [-0.4, -0.2) is 11.0 Å². The molecule has 2 rings (SSSR count). The second kappa shape index (κ2) is 5.69. The number of nitro benzene ring substituents is 1. The highest BCUT2D eigenvalue weighted by Crippen LogP contribution is 2.34. The van der Waals surface area contributed by atoms with Gasteiger partial charge in [0.1, 0.15) is 6.10 Å². The van der Waals surface area contributed by atoms with Crippen LogP contribution in [0.25, 0.3) is 0 Å². The van der Waals surface area contributed by atoms with Crippen molar-refractivity contribution in [2.45, 2.75) is 38.7 Å². The van der Waals surface area contributed by atoms with Gasteiger partial charge in [-0.15, -0.1) is 0 Å². The van der Waals surface area contributed by atoms with Crippen molar-refractivity contribution in [1.29, 1.82) is 0 Å². The van der Waals surface area contributed by atoms with Gasteiger partial charge in [-0.3, -0.25) is 10.1 Å². The zero-order valence-corrected chi connectivity index (χ0v) is 11.9. The van der Waals surface area contributed by atoms with Crippen molar-refractivity contribution in [1.82, 2.24) is 0 Å². The summed E-state index contributed by atoms with van der Waals surface area (Å²) < 4.78 is 6.55. The molecule has 18 heavy (non-hydrogen) atoms. The minimum absolute atomic E-state index is 0.0298. The van der Waals surface area contributed by atoms with Gasteiger partial charge in [0.25, 0.3) is 0 Å². The first-order chi connectivity index (χ1) is 8.58. The Hall–Kier alpha value is -1.10. The lowest BCUT2D eigenvalue weighted by atomic mass is 9.88. The molecule has 0 heterocycles. The Labute approximate surface area is 115 Å². The summed E-state index contributed by atoms with van der Waals surface area (Å²) in [7, 11) is 0. The first-order valence-corrected chi connectivity index (χ1v) is 6.98. The van der Waals surface area contributed by atoms with Gasteiger partial charge in [0.2, 0.25) is 0 Å². The van der Waals surface area contributed by atoms with E-state index in [1.165, 1.54) is 12.5 Å². The van der Waals surface area contributed by atoms with Crippen LogP contribution in [0.3, 0.4) is 0 Å². The average Bonchev–Trinajstić information content (AvgIpc) is 2.34. The Morgan fingerprint density at radius 2 is 2.11 bits per heavy atom. The van der Waals surface area contributed by atoms with Crippen LogP contribution in [-0.2, 0) is 0 Å². The van der Waals surface area contributed by atoms with Gasteiger partial charge in [-0.2, -0.15) is 0 Å². The molecule has 1 aliphatic carbocycles. The lowest BCUT2D eigenvalue weighted by Gasteiger charge is -2.29. The molecule has 98 valence electrons. The van der Waals surface area contributed by atoms with Crippen LogP contribution < -0.4 is 4.74 Å². The van der Waals surface area contributed by atoms with Gasteiger partial charge in [-0.25, -0.2) is 0 Å². The van der Waals surface area contributed by atoms with E-state index in [0.717, 1.165) is 19.3 Å². The molecule has 5 heteroatoms. The van der Waals surface area contributed by atoms with Crippen molar-refractivity contribution in [3.05, 3.63) is 32.8 Å². The Morgan fingerprint density at radius 1 is 1.39 bits per heavy atom. The SMILES string of the molecule is CC1CCCCC1Oc1ccc(Br)cc1[N+](=O)[O-]. The maximum absolute atomic E-state index is 11.0. The molecule has 2 unspecified atom stereocenters. The third-order valence-corrected chi connectivity index (χ3v) is 3.92. The molecule has 0 radical (unpaired) electrons. The average molecular weight is 314 g/mol. The Kier molecular flexibility index (Phi) is 4.22. The van der Waals surface area contributed by atoms with Gasteiger partial charge in [-0.1, -0.05) is 29.3 Å². The van der Waals surface area contributed by atoms with Crippen molar-refractivity contribution in [2.75, 3.05) is 0 Å².